The van der Waals surface area contributed by atoms with Gasteiger partial charge in [0.2, 0.25) is 17.7 Å². The molecule has 3 amide bonds. The molecule has 1 aromatic carbocycles. The van der Waals surface area contributed by atoms with E-state index in [-0.39, 0.29) is 30.1 Å². The Morgan fingerprint density at radius 1 is 1.33 bits per heavy atom. The summed E-state index contributed by atoms with van der Waals surface area (Å²) in [6.07, 6.45) is 3.36. The van der Waals surface area contributed by atoms with Crippen LogP contribution in [0.25, 0.3) is 0 Å². The Labute approximate surface area is 178 Å². The number of fused-ring (bicyclic) bond motifs is 1. The van der Waals surface area contributed by atoms with E-state index in [1.54, 1.807) is 24.3 Å². The van der Waals surface area contributed by atoms with Gasteiger partial charge in [-0.3, -0.25) is 9.69 Å². The van der Waals surface area contributed by atoms with E-state index in [1.165, 1.54) is 0 Å². The van der Waals surface area contributed by atoms with Crippen molar-refractivity contribution >= 4 is 29.2 Å². The molecule has 0 bridgehead atoms. The summed E-state index contributed by atoms with van der Waals surface area (Å²) >= 11 is 5.96. The minimum atomic E-state index is -0.315. The second-order valence-electron chi connectivity index (χ2n) is 8.17. The Morgan fingerprint density at radius 3 is 3.00 bits per heavy atom. The predicted octanol–water partition coefficient (Wildman–Crippen LogP) is 1.91. The van der Waals surface area contributed by atoms with E-state index in [4.69, 9.17) is 16.0 Å². The SMILES string of the molecule is O=C(Nc1cccc(Cl)c1)N[C@H]1C[C@H]2C(=O)NC[C@@H](Cc3nnc(C4CC4)o3)N2C1. The highest BCUT2D eigenvalue weighted by Crippen LogP contribution is 2.39. The number of urea groups is 1. The highest BCUT2D eigenvalue weighted by atomic mass is 35.5. The number of halogens is 1. The van der Waals surface area contributed by atoms with Crippen molar-refractivity contribution in [3.8, 4) is 0 Å². The molecule has 2 saturated heterocycles. The van der Waals surface area contributed by atoms with Crippen molar-refractivity contribution in [2.75, 3.05) is 18.4 Å². The molecule has 30 heavy (non-hydrogen) atoms. The highest BCUT2D eigenvalue weighted by molar-refractivity contribution is 6.30. The molecule has 158 valence electrons. The van der Waals surface area contributed by atoms with Crippen molar-refractivity contribution in [1.29, 1.82) is 0 Å². The minimum absolute atomic E-state index is 0.00463. The first-order chi connectivity index (χ1) is 14.5. The smallest absolute Gasteiger partial charge is 0.319 e. The summed E-state index contributed by atoms with van der Waals surface area (Å²) in [6.45, 7) is 1.12. The Morgan fingerprint density at radius 2 is 2.20 bits per heavy atom. The van der Waals surface area contributed by atoms with Gasteiger partial charge in [-0.15, -0.1) is 10.2 Å². The number of carbonyl (C=O) groups is 2. The van der Waals surface area contributed by atoms with Crippen LogP contribution < -0.4 is 16.0 Å². The first kappa shape index (κ1) is 19.3. The number of anilines is 1. The standard InChI is InChI=1S/C20H23ClN6O3/c21-12-2-1-3-13(6-12)23-20(29)24-14-7-16-18(28)22-9-15(27(16)10-14)8-17-25-26-19(30-17)11-4-5-11/h1-3,6,11,14-16H,4-5,7-10H2,(H,22,28)(H2,23,24,29)/t14-,15+,16-/m0/s1. The zero-order valence-electron chi connectivity index (χ0n) is 16.3. The molecule has 2 aliphatic heterocycles. The second kappa shape index (κ2) is 7.88. The van der Waals surface area contributed by atoms with Gasteiger partial charge in [0, 0.05) is 48.2 Å². The van der Waals surface area contributed by atoms with Crippen molar-refractivity contribution in [1.82, 2.24) is 25.7 Å². The van der Waals surface area contributed by atoms with Crippen LogP contribution in [0.4, 0.5) is 10.5 Å². The number of nitrogens with zero attached hydrogens (tertiary/aromatic N) is 3. The molecule has 10 heteroatoms. The lowest BCUT2D eigenvalue weighted by atomic mass is 10.1. The fourth-order valence-corrected chi connectivity index (χ4v) is 4.42. The van der Waals surface area contributed by atoms with Crippen molar-refractivity contribution < 1.29 is 14.0 Å². The van der Waals surface area contributed by atoms with Crippen molar-refractivity contribution in [3.05, 3.63) is 41.1 Å². The monoisotopic (exact) mass is 430 g/mol. The Bertz CT molecular complexity index is 962. The molecule has 0 spiro atoms. The van der Waals surface area contributed by atoms with Crippen LogP contribution in [0.3, 0.4) is 0 Å². The van der Waals surface area contributed by atoms with Crippen molar-refractivity contribution in [2.45, 2.75) is 49.7 Å². The number of aromatic nitrogens is 2. The van der Waals surface area contributed by atoms with Crippen LogP contribution >= 0.6 is 11.6 Å². The molecule has 3 heterocycles. The van der Waals surface area contributed by atoms with Crippen molar-refractivity contribution in [2.24, 2.45) is 0 Å². The minimum Gasteiger partial charge on any atom is -0.425 e. The van der Waals surface area contributed by atoms with Gasteiger partial charge in [-0.2, -0.15) is 0 Å². The number of hydrogen-bond acceptors (Lipinski definition) is 6. The summed E-state index contributed by atoms with van der Waals surface area (Å²) in [5.74, 6) is 1.74. The highest BCUT2D eigenvalue weighted by Gasteiger charge is 2.44. The number of hydrogen-bond donors (Lipinski definition) is 3. The maximum Gasteiger partial charge on any atom is 0.319 e. The first-order valence-corrected chi connectivity index (χ1v) is 10.6. The number of amides is 3. The molecule has 0 radical (unpaired) electrons. The lowest BCUT2D eigenvalue weighted by Crippen LogP contribution is -2.58. The largest absolute Gasteiger partial charge is 0.425 e. The number of piperazine rings is 1. The van der Waals surface area contributed by atoms with Crippen LogP contribution in [-0.2, 0) is 11.2 Å². The molecule has 5 rings (SSSR count). The van der Waals surface area contributed by atoms with Crippen LogP contribution in [0.15, 0.2) is 28.7 Å². The van der Waals surface area contributed by atoms with E-state index in [0.717, 1.165) is 18.7 Å². The molecule has 1 aromatic heterocycles. The average molecular weight is 431 g/mol. The summed E-state index contributed by atoms with van der Waals surface area (Å²) in [5.41, 5.74) is 0.620. The molecular formula is C20H23ClN6O3. The predicted molar refractivity (Wildman–Crippen MR) is 109 cm³/mol. The summed E-state index contributed by atoms with van der Waals surface area (Å²) in [7, 11) is 0. The topological polar surface area (TPSA) is 112 Å². The summed E-state index contributed by atoms with van der Waals surface area (Å²) in [5, 5.41) is 17.6. The van der Waals surface area contributed by atoms with Gasteiger partial charge in [-0.05, 0) is 37.5 Å². The van der Waals surface area contributed by atoms with Gasteiger partial charge in [0.05, 0.1) is 6.04 Å². The number of rotatable bonds is 5. The summed E-state index contributed by atoms with van der Waals surface area (Å²) in [6, 6.07) is 6.31. The van der Waals surface area contributed by atoms with Crippen LogP contribution in [0.2, 0.25) is 5.02 Å². The fourth-order valence-electron chi connectivity index (χ4n) is 4.23. The lowest BCUT2D eigenvalue weighted by molar-refractivity contribution is -0.129. The summed E-state index contributed by atoms with van der Waals surface area (Å²) in [4.78, 5) is 26.9. The van der Waals surface area contributed by atoms with Gasteiger partial charge >= 0.3 is 6.03 Å². The average Bonchev–Trinajstić information content (AvgIpc) is 3.30. The van der Waals surface area contributed by atoms with Crippen LogP contribution in [0.1, 0.15) is 37.0 Å². The van der Waals surface area contributed by atoms with Crippen LogP contribution in [0.5, 0.6) is 0 Å². The van der Waals surface area contributed by atoms with Gasteiger partial charge in [-0.1, -0.05) is 17.7 Å². The molecule has 3 aliphatic rings. The normalized spacial score (nSPS) is 26.2. The number of benzene rings is 1. The molecule has 0 unspecified atom stereocenters. The lowest BCUT2D eigenvalue weighted by Gasteiger charge is -2.36. The van der Waals surface area contributed by atoms with E-state index in [1.807, 2.05) is 0 Å². The van der Waals surface area contributed by atoms with Gasteiger partial charge in [0.1, 0.15) is 0 Å². The van der Waals surface area contributed by atoms with E-state index in [2.05, 4.69) is 31.0 Å². The third-order valence-corrected chi connectivity index (χ3v) is 6.10. The second-order valence-corrected chi connectivity index (χ2v) is 8.60. The van der Waals surface area contributed by atoms with Gasteiger partial charge in [-0.25, -0.2) is 4.79 Å². The maximum absolute atomic E-state index is 12.4. The third-order valence-electron chi connectivity index (χ3n) is 5.86. The van der Waals surface area contributed by atoms with Gasteiger partial charge in [0.25, 0.3) is 0 Å². The molecule has 1 saturated carbocycles. The number of nitrogens with one attached hydrogen (secondary N) is 3. The Hall–Kier alpha value is -2.65. The van der Waals surface area contributed by atoms with Gasteiger partial charge < -0.3 is 20.4 Å². The third kappa shape index (κ3) is 4.13. The molecule has 3 atom stereocenters. The quantitative estimate of drug-likeness (QED) is 0.668. The van der Waals surface area contributed by atoms with E-state index < -0.39 is 0 Å². The molecule has 3 fully saturated rings. The molecular weight excluding hydrogens is 408 g/mol. The van der Waals surface area contributed by atoms with Crippen LogP contribution in [-0.4, -0.2) is 58.3 Å². The van der Waals surface area contributed by atoms with E-state index in [9.17, 15) is 9.59 Å². The molecule has 3 N–H and O–H groups in total. The maximum atomic E-state index is 12.4. The van der Waals surface area contributed by atoms with E-state index in [0.29, 0.717) is 48.4 Å². The van der Waals surface area contributed by atoms with Crippen molar-refractivity contribution in [3.63, 3.8) is 0 Å². The molecule has 1 aliphatic carbocycles. The molecule has 9 nitrogen and oxygen atoms in total. The van der Waals surface area contributed by atoms with E-state index >= 15 is 0 Å². The first-order valence-electron chi connectivity index (χ1n) is 10.2. The zero-order valence-corrected chi connectivity index (χ0v) is 17.1. The zero-order chi connectivity index (χ0) is 20.7. The van der Waals surface area contributed by atoms with Crippen LogP contribution in [0, 0.1) is 0 Å². The van der Waals surface area contributed by atoms with Gasteiger partial charge in [0.15, 0.2) is 0 Å². The number of carbonyl (C=O) groups excluding carboxylic acids is 2. The Balaban J connectivity index is 1.21. The fraction of sp³-hybridized carbons (Fsp3) is 0.500. The molecule has 2 aromatic rings. The summed E-state index contributed by atoms with van der Waals surface area (Å²) < 4.78 is 5.80. The Kier molecular flexibility index (Phi) is 5.08.